The molecule has 2 atom stereocenters. The van der Waals surface area contributed by atoms with Gasteiger partial charge in [0, 0.05) is 23.2 Å². The molecule has 162 valence electrons. The Morgan fingerprint density at radius 1 is 0.839 bits per heavy atom. The number of epoxide rings is 2. The molecule has 3 aromatic rings. The molecule has 3 heterocycles. The van der Waals surface area contributed by atoms with Gasteiger partial charge in [-0.05, 0) is 61.9 Å². The number of aromatic nitrogens is 2. The van der Waals surface area contributed by atoms with Crippen LogP contribution in [-0.4, -0.2) is 48.4 Å². The maximum atomic E-state index is 5.79. The van der Waals surface area contributed by atoms with Crippen LogP contribution in [0.15, 0.2) is 48.5 Å². The first-order chi connectivity index (χ1) is 15.2. The molecule has 2 saturated heterocycles. The Kier molecular flexibility index (Phi) is 5.66. The third-order valence-corrected chi connectivity index (χ3v) is 5.64. The summed E-state index contributed by atoms with van der Waals surface area (Å²) < 4.78 is 24.1. The van der Waals surface area contributed by atoms with E-state index in [1.807, 2.05) is 24.3 Å². The molecule has 0 aliphatic carbocycles. The summed E-state index contributed by atoms with van der Waals surface area (Å²) in [5.41, 5.74) is 5.70. The van der Waals surface area contributed by atoms with Crippen LogP contribution in [0.3, 0.4) is 0 Å². The van der Waals surface area contributed by atoms with Crippen LogP contribution < -0.4 is 9.47 Å². The van der Waals surface area contributed by atoms with E-state index in [9.17, 15) is 0 Å². The lowest BCUT2D eigenvalue weighted by atomic mass is 10.00. The SMILES string of the molecule is CCc1c(-c2ccc(OCC3CO3)cc2)nn(CC)c1-c1ccc(OCC2CO2)cc1. The van der Waals surface area contributed by atoms with E-state index in [0.29, 0.717) is 13.2 Å². The monoisotopic (exact) mass is 420 g/mol. The van der Waals surface area contributed by atoms with Gasteiger partial charge >= 0.3 is 0 Å². The van der Waals surface area contributed by atoms with Crippen molar-refractivity contribution in [3.05, 3.63) is 54.1 Å². The first-order valence-corrected chi connectivity index (χ1v) is 11.0. The quantitative estimate of drug-likeness (QED) is 0.456. The number of hydrogen-bond acceptors (Lipinski definition) is 5. The fourth-order valence-electron chi connectivity index (χ4n) is 3.74. The zero-order valence-corrected chi connectivity index (χ0v) is 18.0. The van der Waals surface area contributed by atoms with E-state index in [-0.39, 0.29) is 12.2 Å². The summed E-state index contributed by atoms with van der Waals surface area (Å²) in [5, 5.41) is 4.96. The number of rotatable bonds is 10. The maximum Gasteiger partial charge on any atom is 0.119 e. The molecule has 0 bridgehead atoms. The Hall–Kier alpha value is -2.83. The van der Waals surface area contributed by atoms with Gasteiger partial charge in [-0.3, -0.25) is 4.68 Å². The van der Waals surface area contributed by atoms with E-state index in [0.717, 1.165) is 54.5 Å². The summed E-state index contributed by atoms with van der Waals surface area (Å²) in [4.78, 5) is 0. The standard InChI is InChI=1S/C25H28N2O4/c1-3-23-24(17-5-9-19(10-6-17)28-13-21-15-30-21)26-27(4-2)25(23)18-7-11-20(12-8-18)29-14-22-16-31-22/h5-12,21-22H,3-4,13-16H2,1-2H3. The predicted molar refractivity (Wildman–Crippen MR) is 119 cm³/mol. The second kappa shape index (κ2) is 8.73. The van der Waals surface area contributed by atoms with Crippen LogP contribution in [0.5, 0.6) is 11.5 Å². The molecule has 0 saturated carbocycles. The summed E-state index contributed by atoms with van der Waals surface area (Å²) >= 11 is 0. The lowest BCUT2D eigenvalue weighted by molar-refractivity contribution is 0.263. The zero-order valence-electron chi connectivity index (χ0n) is 18.0. The Morgan fingerprint density at radius 2 is 1.35 bits per heavy atom. The molecule has 2 aromatic carbocycles. The Labute approximate surface area is 182 Å². The van der Waals surface area contributed by atoms with Crippen molar-refractivity contribution in [2.75, 3.05) is 26.4 Å². The minimum absolute atomic E-state index is 0.257. The van der Waals surface area contributed by atoms with E-state index < -0.39 is 0 Å². The van der Waals surface area contributed by atoms with Gasteiger partial charge in [-0.1, -0.05) is 6.92 Å². The van der Waals surface area contributed by atoms with Crippen LogP contribution in [0.4, 0.5) is 0 Å². The minimum atomic E-state index is 0.257. The van der Waals surface area contributed by atoms with Gasteiger partial charge in [-0.25, -0.2) is 0 Å². The molecule has 2 unspecified atom stereocenters. The van der Waals surface area contributed by atoms with Crippen LogP contribution in [0.25, 0.3) is 22.5 Å². The van der Waals surface area contributed by atoms with E-state index in [2.05, 4.69) is 42.8 Å². The Balaban J connectivity index is 1.40. The van der Waals surface area contributed by atoms with E-state index in [1.54, 1.807) is 0 Å². The van der Waals surface area contributed by atoms with Crippen molar-refractivity contribution in [1.82, 2.24) is 9.78 Å². The molecule has 0 radical (unpaired) electrons. The zero-order chi connectivity index (χ0) is 21.2. The molecule has 2 aliphatic rings. The average Bonchev–Trinajstić information content (AvgIpc) is 3.74. The molecule has 31 heavy (non-hydrogen) atoms. The molecule has 0 spiro atoms. The maximum absolute atomic E-state index is 5.79. The van der Waals surface area contributed by atoms with Crippen molar-refractivity contribution in [3.63, 3.8) is 0 Å². The van der Waals surface area contributed by atoms with Crippen molar-refractivity contribution in [3.8, 4) is 34.0 Å². The van der Waals surface area contributed by atoms with Gasteiger partial charge in [0.2, 0.25) is 0 Å². The highest BCUT2D eigenvalue weighted by atomic mass is 16.6. The number of benzene rings is 2. The van der Waals surface area contributed by atoms with Gasteiger partial charge in [0.15, 0.2) is 0 Å². The molecule has 0 amide bonds. The smallest absolute Gasteiger partial charge is 0.119 e. The Bertz CT molecular complexity index is 1020. The highest BCUT2D eigenvalue weighted by Crippen LogP contribution is 2.34. The molecule has 5 rings (SSSR count). The summed E-state index contributed by atoms with van der Waals surface area (Å²) in [6, 6.07) is 16.5. The highest BCUT2D eigenvalue weighted by Gasteiger charge is 2.24. The van der Waals surface area contributed by atoms with Crippen LogP contribution in [0.2, 0.25) is 0 Å². The predicted octanol–water partition coefficient (Wildman–Crippen LogP) is 4.35. The lowest BCUT2D eigenvalue weighted by Crippen LogP contribution is -2.04. The van der Waals surface area contributed by atoms with Crippen molar-refractivity contribution in [1.29, 1.82) is 0 Å². The normalized spacial score (nSPS) is 19.3. The second-order valence-corrected chi connectivity index (χ2v) is 7.93. The molecule has 1 aromatic heterocycles. The number of nitrogens with zero attached hydrogens (tertiary/aromatic N) is 2. The molecule has 6 nitrogen and oxygen atoms in total. The fraction of sp³-hybridized carbons (Fsp3) is 0.400. The van der Waals surface area contributed by atoms with Gasteiger partial charge in [0.1, 0.15) is 36.9 Å². The van der Waals surface area contributed by atoms with Gasteiger partial charge in [0.05, 0.1) is 24.6 Å². The summed E-state index contributed by atoms with van der Waals surface area (Å²) in [6.07, 6.45) is 1.42. The average molecular weight is 421 g/mol. The first kappa shape index (κ1) is 20.1. The van der Waals surface area contributed by atoms with Crippen molar-refractivity contribution >= 4 is 0 Å². The van der Waals surface area contributed by atoms with E-state index in [1.165, 1.54) is 11.3 Å². The minimum Gasteiger partial charge on any atom is -0.491 e. The van der Waals surface area contributed by atoms with Gasteiger partial charge in [-0.2, -0.15) is 5.10 Å². The van der Waals surface area contributed by atoms with Crippen LogP contribution >= 0.6 is 0 Å². The van der Waals surface area contributed by atoms with Crippen LogP contribution in [0.1, 0.15) is 19.4 Å². The summed E-state index contributed by atoms with van der Waals surface area (Å²) in [6.45, 7) is 7.96. The molecule has 0 N–H and O–H groups in total. The third kappa shape index (κ3) is 4.60. The van der Waals surface area contributed by atoms with Gasteiger partial charge in [0.25, 0.3) is 0 Å². The number of hydrogen-bond donors (Lipinski definition) is 0. The lowest BCUT2D eigenvalue weighted by Gasteiger charge is -2.10. The van der Waals surface area contributed by atoms with Crippen molar-refractivity contribution < 1.29 is 18.9 Å². The molecule has 6 heteroatoms. The van der Waals surface area contributed by atoms with E-state index in [4.69, 9.17) is 24.0 Å². The molecule has 2 aliphatic heterocycles. The van der Waals surface area contributed by atoms with Crippen LogP contribution in [-0.2, 0) is 22.4 Å². The third-order valence-electron chi connectivity index (χ3n) is 5.64. The fourth-order valence-corrected chi connectivity index (χ4v) is 3.74. The first-order valence-electron chi connectivity index (χ1n) is 11.0. The Morgan fingerprint density at radius 3 is 1.81 bits per heavy atom. The van der Waals surface area contributed by atoms with Crippen molar-refractivity contribution in [2.24, 2.45) is 0 Å². The number of ether oxygens (including phenoxy) is 4. The second-order valence-electron chi connectivity index (χ2n) is 7.93. The van der Waals surface area contributed by atoms with Crippen molar-refractivity contribution in [2.45, 2.75) is 39.0 Å². The molecule has 2 fully saturated rings. The highest BCUT2D eigenvalue weighted by molar-refractivity contribution is 5.75. The van der Waals surface area contributed by atoms with Gasteiger partial charge in [-0.15, -0.1) is 0 Å². The largest absolute Gasteiger partial charge is 0.491 e. The van der Waals surface area contributed by atoms with E-state index >= 15 is 0 Å². The van der Waals surface area contributed by atoms with Crippen LogP contribution in [0, 0.1) is 0 Å². The summed E-state index contributed by atoms with van der Waals surface area (Å²) in [5.74, 6) is 1.73. The topological polar surface area (TPSA) is 61.3 Å². The molecular formula is C25H28N2O4. The summed E-state index contributed by atoms with van der Waals surface area (Å²) in [7, 11) is 0. The number of aryl methyl sites for hydroxylation is 1. The van der Waals surface area contributed by atoms with Gasteiger partial charge < -0.3 is 18.9 Å². The molecular weight excluding hydrogens is 392 g/mol.